The van der Waals surface area contributed by atoms with Crippen LogP contribution in [0.1, 0.15) is 0 Å². The highest BCUT2D eigenvalue weighted by Gasteiger charge is 2.12. The van der Waals surface area contributed by atoms with Gasteiger partial charge in [-0.05, 0) is 57.6 Å². The first kappa shape index (κ1) is 17.3. The predicted octanol–water partition coefficient (Wildman–Crippen LogP) is 8.21. The minimum Gasteiger partial charge on any atom is -0.0616 e. The Balaban J connectivity index is 1.93. The Labute approximate surface area is 170 Å². The molecule has 26 heavy (non-hydrogen) atoms. The SMILES string of the molecule is Brc1cccc(-c2ccccc2-c2ccccc2-c2cccc(Br)c2)c1. The molecule has 0 saturated carbocycles. The van der Waals surface area contributed by atoms with Gasteiger partial charge >= 0.3 is 0 Å². The van der Waals surface area contributed by atoms with Crippen molar-refractivity contribution in [2.24, 2.45) is 0 Å². The summed E-state index contributed by atoms with van der Waals surface area (Å²) in [7, 11) is 0. The van der Waals surface area contributed by atoms with Gasteiger partial charge in [-0.15, -0.1) is 0 Å². The lowest BCUT2D eigenvalue weighted by atomic mass is 9.89. The third-order valence-corrected chi connectivity index (χ3v) is 5.40. The van der Waals surface area contributed by atoms with Crippen molar-refractivity contribution in [1.82, 2.24) is 0 Å². The minimum absolute atomic E-state index is 1.09. The summed E-state index contributed by atoms with van der Waals surface area (Å²) >= 11 is 7.19. The van der Waals surface area contributed by atoms with Gasteiger partial charge in [0.15, 0.2) is 0 Å². The molecule has 2 heteroatoms. The molecule has 4 aromatic carbocycles. The summed E-state index contributed by atoms with van der Waals surface area (Å²) in [6.07, 6.45) is 0. The third kappa shape index (κ3) is 3.53. The topological polar surface area (TPSA) is 0 Å². The van der Waals surface area contributed by atoms with Crippen LogP contribution in [0, 0.1) is 0 Å². The average molecular weight is 464 g/mol. The molecule has 0 saturated heterocycles. The fourth-order valence-corrected chi connectivity index (χ4v) is 4.05. The molecule has 0 fully saturated rings. The van der Waals surface area contributed by atoms with Crippen molar-refractivity contribution in [2.45, 2.75) is 0 Å². The van der Waals surface area contributed by atoms with Gasteiger partial charge in [-0.3, -0.25) is 0 Å². The second-order valence-corrected chi connectivity index (χ2v) is 7.94. The van der Waals surface area contributed by atoms with E-state index in [9.17, 15) is 0 Å². The van der Waals surface area contributed by atoms with Gasteiger partial charge in [-0.25, -0.2) is 0 Å². The van der Waals surface area contributed by atoms with E-state index in [0.29, 0.717) is 0 Å². The first-order valence-corrected chi connectivity index (χ1v) is 10.0. The molecule has 0 heterocycles. The molecule has 4 rings (SSSR count). The van der Waals surface area contributed by atoms with Crippen LogP contribution in [0.25, 0.3) is 33.4 Å². The molecule has 4 aromatic rings. The van der Waals surface area contributed by atoms with Crippen LogP contribution in [0.4, 0.5) is 0 Å². The van der Waals surface area contributed by atoms with Crippen molar-refractivity contribution in [3.63, 3.8) is 0 Å². The lowest BCUT2D eigenvalue weighted by molar-refractivity contribution is 1.55. The maximum absolute atomic E-state index is 3.59. The summed E-state index contributed by atoms with van der Waals surface area (Å²) in [6, 6.07) is 34.1. The fraction of sp³-hybridized carbons (Fsp3) is 0. The molecule has 126 valence electrons. The van der Waals surface area contributed by atoms with Crippen LogP contribution in [0.15, 0.2) is 106 Å². The smallest absolute Gasteiger partial charge is 0.0181 e. The number of rotatable bonds is 3. The number of hydrogen-bond acceptors (Lipinski definition) is 0. The van der Waals surface area contributed by atoms with Gasteiger partial charge in [-0.1, -0.05) is 105 Å². The molecule has 0 amide bonds. The second-order valence-electron chi connectivity index (χ2n) is 6.11. The lowest BCUT2D eigenvalue weighted by Crippen LogP contribution is -1.89. The van der Waals surface area contributed by atoms with E-state index in [0.717, 1.165) is 8.95 Å². The van der Waals surface area contributed by atoms with Gasteiger partial charge in [0.05, 0.1) is 0 Å². The van der Waals surface area contributed by atoms with E-state index >= 15 is 0 Å². The highest BCUT2D eigenvalue weighted by molar-refractivity contribution is 9.10. The van der Waals surface area contributed by atoms with E-state index in [-0.39, 0.29) is 0 Å². The molecule has 0 aliphatic carbocycles. The van der Waals surface area contributed by atoms with Crippen molar-refractivity contribution in [3.8, 4) is 33.4 Å². The van der Waals surface area contributed by atoms with E-state index in [1.54, 1.807) is 0 Å². The Bertz CT molecular complexity index is 980. The maximum atomic E-state index is 3.59. The van der Waals surface area contributed by atoms with Crippen molar-refractivity contribution in [2.75, 3.05) is 0 Å². The molecular weight excluding hydrogens is 448 g/mol. The van der Waals surface area contributed by atoms with Gasteiger partial charge in [0.25, 0.3) is 0 Å². The van der Waals surface area contributed by atoms with Crippen LogP contribution in [0.3, 0.4) is 0 Å². The normalized spacial score (nSPS) is 10.7. The van der Waals surface area contributed by atoms with Gasteiger partial charge in [0.2, 0.25) is 0 Å². The van der Waals surface area contributed by atoms with E-state index in [1.165, 1.54) is 33.4 Å². The average Bonchev–Trinajstić information content (AvgIpc) is 2.68. The Kier molecular flexibility index (Phi) is 5.05. The second kappa shape index (κ2) is 7.61. The number of hydrogen-bond donors (Lipinski definition) is 0. The Hall–Kier alpha value is -2.16. The van der Waals surface area contributed by atoms with Gasteiger partial charge in [0.1, 0.15) is 0 Å². The Morgan fingerprint density at radius 3 is 1.15 bits per heavy atom. The van der Waals surface area contributed by atoms with Crippen LogP contribution in [-0.2, 0) is 0 Å². The van der Waals surface area contributed by atoms with Gasteiger partial charge in [-0.2, -0.15) is 0 Å². The molecule has 0 spiro atoms. The summed E-state index contributed by atoms with van der Waals surface area (Å²) in [6.45, 7) is 0. The van der Waals surface area contributed by atoms with E-state index < -0.39 is 0 Å². The van der Waals surface area contributed by atoms with Crippen LogP contribution in [0.2, 0.25) is 0 Å². The largest absolute Gasteiger partial charge is 0.0616 e. The summed E-state index contributed by atoms with van der Waals surface area (Å²) in [4.78, 5) is 0. The van der Waals surface area contributed by atoms with E-state index in [2.05, 4.69) is 129 Å². The van der Waals surface area contributed by atoms with Gasteiger partial charge < -0.3 is 0 Å². The number of halogens is 2. The molecule has 0 aliphatic heterocycles. The van der Waals surface area contributed by atoms with Crippen LogP contribution < -0.4 is 0 Å². The molecular formula is C24H16Br2. The zero-order valence-corrected chi connectivity index (χ0v) is 17.2. The first-order chi connectivity index (χ1) is 12.7. The minimum atomic E-state index is 1.09. The van der Waals surface area contributed by atoms with E-state index in [4.69, 9.17) is 0 Å². The maximum Gasteiger partial charge on any atom is 0.0181 e. The highest BCUT2D eigenvalue weighted by atomic mass is 79.9. The standard InChI is InChI=1S/C24H16Br2/c25-19-9-5-7-17(15-19)21-11-1-3-13-23(21)24-14-4-2-12-22(24)18-8-6-10-20(26)16-18/h1-16H. The predicted molar refractivity (Wildman–Crippen MR) is 118 cm³/mol. The third-order valence-electron chi connectivity index (χ3n) is 4.42. The zero-order chi connectivity index (χ0) is 17.9. The van der Waals surface area contributed by atoms with Crippen LogP contribution in [-0.4, -0.2) is 0 Å². The molecule has 0 aromatic heterocycles. The van der Waals surface area contributed by atoms with Crippen molar-refractivity contribution in [3.05, 3.63) is 106 Å². The summed E-state index contributed by atoms with van der Waals surface area (Å²) < 4.78 is 2.18. The van der Waals surface area contributed by atoms with Crippen LogP contribution in [0.5, 0.6) is 0 Å². The van der Waals surface area contributed by atoms with Crippen molar-refractivity contribution in [1.29, 1.82) is 0 Å². The van der Waals surface area contributed by atoms with E-state index in [1.807, 2.05) is 0 Å². The van der Waals surface area contributed by atoms with Crippen LogP contribution >= 0.6 is 31.9 Å². The Morgan fingerprint density at radius 1 is 0.385 bits per heavy atom. The lowest BCUT2D eigenvalue weighted by Gasteiger charge is -2.15. The van der Waals surface area contributed by atoms with Crippen molar-refractivity contribution < 1.29 is 0 Å². The summed E-state index contributed by atoms with van der Waals surface area (Å²) in [5.41, 5.74) is 7.35. The summed E-state index contributed by atoms with van der Waals surface area (Å²) in [5.74, 6) is 0. The molecule has 0 unspecified atom stereocenters. The number of benzene rings is 4. The Morgan fingerprint density at radius 2 is 0.769 bits per heavy atom. The molecule has 0 radical (unpaired) electrons. The molecule has 0 atom stereocenters. The zero-order valence-electron chi connectivity index (χ0n) is 14.0. The highest BCUT2D eigenvalue weighted by Crippen LogP contribution is 2.38. The van der Waals surface area contributed by atoms with Gasteiger partial charge in [0, 0.05) is 8.95 Å². The molecule has 0 nitrogen and oxygen atoms in total. The quantitative estimate of drug-likeness (QED) is 0.287. The first-order valence-electron chi connectivity index (χ1n) is 8.43. The molecule has 0 bridgehead atoms. The van der Waals surface area contributed by atoms with Crippen molar-refractivity contribution >= 4 is 31.9 Å². The fourth-order valence-electron chi connectivity index (χ4n) is 3.25. The summed E-state index contributed by atoms with van der Waals surface area (Å²) in [5, 5.41) is 0. The molecule has 0 N–H and O–H groups in total. The monoisotopic (exact) mass is 462 g/mol. The molecule has 0 aliphatic rings.